The first-order valence-electron chi connectivity index (χ1n) is 6.02. The summed E-state index contributed by atoms with van der Waals surface area (Å²) in [5, 5.41) is 3.43. The Hall–Kier alpha value is -2.03. The van der Waals surface area contributed by atoms with Crippen molar-refractivity contribution in [3.63, 3.8) is 0 Å². The van der Waals surface area contributed by atoms with Gasteiger partial charge in [0.05, 0.1) is 7.11 Å². The molecule has 0 radical (unpaired) electrons. The van der Waals surface area contributed by atoms with Gasteiger partial charge in [0.2, 0.25) is 5.88 Å². The smallest absolute Gasteiger partial charge is 0.214 e. The normalized spacial score (nSPS) is 11.9. The number of aryl methyl sites for hydroxylation is 1. The fourth-order valence-electron chi connectivity index (χ4n) is 1.80. The van der Waals surface area contributed by atoms with Crippen molar-refractivity contribution < 1.29 is 4.74 Å². The predicted molar refractivity (Wildman–Crippen MR) is 74.0 cm³/mol. The first kappa shape index (κ1) is 12.4. The molecule has 2 aromatic rings. The number of nitrogens with one attached hydrogen (secondary N) is 1. The Balaban J connectivity index is 2.10. The molecular formula is C15H18N2O. The predicted octanol–water partition coefficient (Wildman–Crippen LogP) is 3.57. The van der Waals surface area contributed by atoms with Gasteiger partial charge >= 0.3 is 0 Å². The van der Waals surface area contributed by atoms with E-state index < -0.39 is 0 Å². The summed E-state index contributed by atoms with van der Waals surface area (Å²) in [6.07, 6.45) is 1.74. The number of hydrogen-bond donors (Lipinski definition) is 1. The number of benzene rings is 1. The number of ether oxygens (including phenoxy) is 1. The molecule has 3 heteroatoms. The summed E-state index contributed by atoms with van der Waals surface area (Å²) in [5.74, 6) is 0.621. The van der Waals surface area contributed by atoms with Crippen molar-refractivity contribution in [1.82, 2.24) is 4.98 Å². The molecule has 1 atom stereocenters. The lowest BCUT2D eigenvalue weighted by atomic mass is 10.1. The summed E-state index contributed by atoms with van der Waals surface area (Å²) in [5.41, 5.74) is 3.54. The Morgan fingerprint density at radius 2 is 1.89 bits per heavy atom. The maximum atomic E-state index is 5.11. The third kappa shape index (κ3) is 3.00. The van der Waals surface area contributed by atoms with Gasteiger partial charge in [-0.25, -0.2) is 4.98 Å². The Kier molecular flexibility index (Phi) is 3.82. The van der Waals surface area contributed by atoms with Crippen LogP contribution in [0.1, 0.15) is 24.1 Å². The van der Waals surface area contributed by atoms with Crippen molar-refractivity contribution in [3.05, 3.63) is 53.7 Å². The average Bonchev–Trinajstić information content (AvgIpc) is 2.39. The van der Waals surface area contributed by atoms with E-state index in [1.54, 1.807) is 13.3 Å². The third-order valence-electron chi connectivity index (χ3n) is 2.90. The number of nitrogens with zero attached hydrogens (tertiary/aromatic N) is 1. The van der Waals surface area contributed by atoms with Gasteiger partial charge in [-0.2, -0.15) is 0 Å². The van der Waals surface area contributed by atoms with E-state index in [2.05, 4.69) is 48.4 Å². The molecule has 0 aliphatic rings. The fraction of sp³-hybridized carbons (Fsp3) is 0.267. The maximum Gasteiger partial charge on any atom is 0.214 e. The minimum Gasteiger partial charge on any atom is -0.481 e. The number of rotatable bonds is 4. The quantitative estimate of drug-likeness (QED) is 0.890. The van der Waals surface area contributed by atoms with E-state index in [-0.39, 0.29) is 6.04 Å². The van der Waals surface area contributed by atoms with Crippen molar-refractivity contribution >= 4 is 5.69 Å². The van der Waals surface area contributed by atoms with Gasteiger partial charge in [-0.3, -0.25) is 0 Å². The monoisotopic (exact) mass is 242 g/mol. The highest BCUT2D eigenvalue weighted by atomic mass is 16.5. The summed E-state index contributed by atoms with van der Waals surface area (Å²) < 4.78 is 5.11. The second-order valence-corrected chi connectivity index (χ2v) is 4.36. The van der Waals surface area contributed by atoms with Crippen LogP contribution in [0.25, 0.3) is 0 Å². The van der Waals surface area contributed by atoms with Crippen molar-refractivity contribution in [1.29, 1.82) is 0 Å². The molecule has 94 valence electrons. The molecule has 1 unspecified atom stereocenters. The van der Waals surface area contributed by atoms with Crippen LogP contribution in [0.4, 0.5) is 5.69 Å². The molecule has 0 fully saturated rings. The zero-order valence-electron chi connectivity index (χ0n) is 11.0. The summed E-state index contributed by atoms with van der Waals surface area (Å²) in [6, 6.07) is 12.6. The molecule has 0 amide bonds. The molecule has 3 nitrogen and oxygen atoms in total. The summed E-state index contributed by atoms with van der Waals surface area (Å²) in [4.78, 5) is 4.09. The molecule has 1 N–H and O–H groups in total. The summed E-state index contributed by atoms with van der Waals surface area (Å²) in [7, 11) is 1.62. The molecule has 0 aliphatic carbocycles. The third-order valence-corrected chi connectivity index (χ3v) is 2.90. The Morgan fingerprint density at radius 3 is 2.56 bits per heavy atom. The number of methoxy groups -OCH3 is 1. The molecule has 0 saturated heterocycles. The first-order chi connectivity index (χ1) is 8.69. The lowest BCUT2D eigenvalue weighted by molar-refractivity contribution is 0.398. The highest BCUT2D eigenvalue weighted by Gasteiger charge is 2.05. The Labute approximate surface area is 108 Å². The van der Waals surface area contributed by atoms with Crippen LogP contribution in [-0.2, 0) is 0 Å². The van der Waals surface area contributed by atoms with Crippen molar-refractivity contribution in [3.8, 4) is 5.88 Å². The highest BCUT2D eigenvalue weighted by Crippen LogP contribution is 2.21. The molecule has 0 aliphatic heterocycles. The van der Waals surface area contributed by atoms with E-state index in [4.69, 9.17) is 4.74 Å². The fourth-order valence-corrected chi connectivity index (χ4v) is 1.80. The van der Waals surface area contributed by atoms with Crippen LogP contribution in [0.2, 0.25) is 0 Å². The van der Waals surface area contributed by atoms with E-state index in [0.717, 1.165) is 5.69 Å². The second-order valence-electron chi connectivity index (χ2n) is 4.36. The number of aromatic nitrogens is 1. The largest absolute Gasteiger partial charge is 0.481 e. The maximum absolute atomic E-state index is 5.11. The molecule has 0 saturated carbocycles. The number of anilines is 1. The molecule has 2 rings (SSSR count). The van der Waals surface area contributed by atoms with E-state index in [1.807, 2.05) is 12.1 Å². The SMILES string of the molecule is COc1cc(NC(C)c2ccc(C)cc2)ccn1. The van der Waals surface area contributed by atoms with Gasteiger partial charge in [-0.1, -0.05) is 29.8 Å². The highest BCUT2D eigenvalue weighted by molar-refractivity contribution is 5.47. The van der Waals surface area contributed by atoms with Gasteiger partial charge in [0, 0.05) is 24.0 Å². The van der Waals surface area contributed by atoms with Crippen LogP contribution in [0.3, 0.4) is 0 Å². The van der Waals surface area contributed by atoms with Crippen LogP contribution >= 0.6 is 0 Å². The minimum absolute atomic E-state index is 0.248. The standard InChI is InChI=1S/C15H18N2O/c1-11-4-6-13(7-5-11)12(2)17-14-8-9-16-15(10-14)18-3/h4-10,12H,1-3H3,(H,16,17). The van der Waals surface area contributed by atoms with Crippen LogP contribution in [-0.4, -0.2) is 12.1 Å². The molecule has 0 bridgehead atoms. The van der Waals surface area contributed by atoms with Crippen LogP contribution in [0.15, 0.2) is 42.6 Å². The molecule has 1 heterocycles. The van der Waals surface area contributed by atoms with Gasteiger partial charge < -0.3 is 10.1 Å². The zero-order valence-corrected chi connectivity index (χ0v) is 11.0. The van der Waals surface area contributed by atoms with Gasteiger partial charge in [-0.05, 0) is 25.5 Å². The Bertz CT molecular complexity index is 508. The molecule has 1 aromatic carbocycles. The molecular weight excluding hydrogens is 224 g/mol. The van der Waals surface area contributed by atoms with Crippen LogP contribution < -0.4 is 10.1 Å². The number of hydrogen-bond acceptors (Lipinski definition) is 3. The van der Waals surface area contributed by atoms with E-state index in [0.29, 0.717) is 5.88 Å². The minimum atomic E-state index is 0.248. The van der Waals surface area contributed by atoms with Crippen molar-refractivity contribution in [2.24, 2.45) is 0 Å². The lowest BCUT2D eigenvalue weighted by Crippen LogP contribution is -2.06. The van der Waals surface area contributed by atoms with Crippen LogP contribution in [0, 0.1) is 6.92 Å². The van der Waals surface area contributed by atoms with Gasteiger partial charge in [0.25, 0.3) is 0 Å². The average molecular weight is 242 g/mol. The van der Waals surface area contributed by atoms with Crippen molar-refractivity contribution in [2.75, 3.05) is 12.4 Å². The van der Waals surface area contributed by atoms with Gasteiger partial charge in [0.1, 0.15) is 0 Å². The second kappa shape index (κ2) is 5.54. The topological polar surface area (TPSA) is 34.1 Å². The summed E-state index contributed by atoms with van der Waals surface area (Å²) in [6.45, 7) is 4.23. The van der Waals surface area contributed by atoms with Gasteiger partial charge in [-0.15, -0.1) is 0 Å². The lowest BCUT2D eigenvalue weighted by Gasteiger charge is -2.16. The van der Waals surface area contributed by atoms with E-state index in [1.165, 1.54) is 11.1 Å². The first-order valence-corrected chi connectivity index (χ1v) is 6.02. The Morgan fingerprint density at radius 1 is 1.17 bits per heavy atom. The van der Waals surface area contributed by atoms with Crippen LogP contribution in [0.5, 0.6) is 5.88 Å². The summed E-state index contributed by atoms with van der Waals surface area (Å²) >= 11 is 0. The molecule has 18 heavy (non-hydrogen) atoms. The number of pyridine rings is 1. The van der Waals surface area contributed by atoms with E-state index in [9.17, 15) is 0 Å². The molecule has 0 spiro atoms. The zero-order chi connectivity index (χ0) is 13.0. The molecule has 1 aromatic heterocycles. The van der Waals surface area contributed by atoms with Gasteiger partial charge in [0.15, 0.2) is 0 Å². The van der Waals surface area contributed by atoms with E-state index >= 15 is 0 Å². The van der Waals surface area contributed by atoms with Crippen molar-refractivity contribution in [2.45, 2.75) is 19.9 Å².